The molecular formula is C14H23N3. The van der Waals surface area contributed by atoms with Gasteiger partial charge < -0.3 is 15.5 Å². The van der Waals surface area contributed by atoms with E-state index in [2.05, 4.69) is 36.0 Å². The third-order valence-electron chi connectivity index (χ3n) is 3.60. The van der Waals surface area contributed by atoms with Crippen molar-refractivity contribution < 1.29 is 0 Å². The molecule has 1 heterocycles. The highest BCUT2D eigenvalue weighted by atomic mass is 15.2. The van der Waals surface area contributed by atoms with E-state index in [1.165, 1.54) is 24.9 Å². The van der Waals surface area contributed by atoms with Gasteiger partial charge in [-0.1, -0.05) is 12.1 Å². The summed E-state index contributed by atoms with van der Waals surface area (Å²) in [5, 5.41) is 0. The Bertz CT molecular complexity index is 364. The maximum Gasteiger partial charge on any atom is 0.0317 e. The summed E-state index contributed by atoms with van der Waals surface area (Å²) in [4.78, 5) is 4.86. The van der Waals surface area contributed by atoms with E-state index in [1.807, 2.05) is 12.1 Å². The summed E-state index contributed by atoms with van der Waals surface area (Å²) in [7, 11) is 4.42. The lowest BCUT2D eigenvalue weighted by atomic mass is 10.1. The Kier molecular flexibility index (Phi) is 4.02. The van der Waals surface area contributed by atoms with E-state index in [0.29, 0.717) is 0 Å². The van der Waals surface area contributed by atoms with Gasteiger partial charge in [-0.2, -0.15) is 0 Å². The van der Waals surface area contributed by atoms with E-state index in [9.17, 15) is 0 Å². The number of nitrogens with two attached hydrogens (primary N) is 1. The molecule has 0 saturated carbocycles. The van der Waals surface area contributed by atoms with Gasteiger partial charge in [0.1, 0.15) is 0 Å². The van der Waals surface area contributed by atoms with Gasteiger partial charge in [0.25, 0.3) is 0 Å². The lowest BCUT2D eigenvalue weighted by Crippen LogP contribution is -2.36. The summed E-state index contributed by atoms with van der Waals surface area (Å²) in [6.07, 6.45) is 2.67. The summed E-state index contributed by atoms with van der Waals surface area (Å²) >= 11 is 0. The smallest absolute Gasteiger partial charge is 0.0317 e. The molecule has 1 fully saturated rings. The van der Waals surface area contributed by atoms with Crippen LogP contribution in [0.15, 0.2) is 24.3 Å². The lowest BCUT2D eigenvalue weighted by Gasteiger charge is -2.25. The molecule has 0 radical (unpaired) electrons. The highest BCUT2D eigenvalue weighted by molar-refractivity contribution is 5.40. The summed E-state index contributed by atoms with van der Waals surface area (Å²) in [5.41, 5.74) is 7.95. The van der Waals surface area contributed by atoms with Crippen molar-refractivity contribution in [3.63, 3.8) is 0 Å². The highest BCUT2D eigenvalue weighted by Gasteiger charge is 2.21. The minimum absolute atomic E-state index is 0.723. The molecule has 0 spiro atoms. The molecule has 17 heavy (non-hydrogen) atoms. The van der Waals surface area contributed by atoms with Crippen LogP contribution in [0.4, 0.5) is 5.69 Å². The summed E-state index contributed by atoms with van der Waals surface area (Å²) in [6.45, 7) is 3.37. The number of likely N-dealkylation sites (N-methyl/N-ethyl adjacent to an activating group) is 2. The van der Waals surface area contributed by atoms with Gasteiger partial charge in [-0.3, -0.25) is 0 Å². The molecular weight excluding hydrogens is 210 g/mol. The predicted octanol–water partition coefficient (Wildman–Crippen LogP) is 1.79. The SMILES string of the molecule is CN(Cc1cccc(N)c1)CC1CCCN1C. The number of nitrogen functional groups attached to an aromatic ring is 1. The molecule has 1 aliphatic heterocycles. The van der Waals surface area contributed by atoms with E-state index >= 15 is 0 Å². The van der Waals surface area contributed by atoms with Crippen molar-refractivity contribution in [1.29, 1.82) is 0 Å². The normalized spacial score (nSPS) is 21.2. The minimum Gasteiger partial charge on any atom is -0.399 e. The summed E-state index contributed by atoms with van der Waals surface area (Å²) in [6, 6.07) is 8.90. The van der Waals surface area contributed by atoms with E-state index in [-0.39, 0.29) is 0 Å². The Hall–Kier alpha value is -1.06. The van der Waals surface area contributed by atoms with Crippen LogP contribution in [0.2, 0.25) is 0 Å². The van der Waals surface area contributed by atoms with E-state index in [0.717, 1.165) is 24.8 Å². The van der Waals surface area contributed by atoms with Crippen LogP contribution < -0.4 is 5.73 Å². The number of anilines is 1. The van der Waals surface area contributed by atoms with Gasteiger partial charge in [-0.25, -0.2) is 0 Å². The Morgan fingerprint density at radius 3 is 2.94 bits per heavy atom. The molecule has 1 aromatic rings. The molecule has 1 aliphatic rings. The molecule has 0 bridgehead atoms. The zero-order valence-electron chi connectivity index (χ0n) is 10.9. The van der Waals surface area contributed by atoms with E-state index < -0.39 is 0 Å². The molecule has 1 saturated heterocycles. The Morgan fingerprint density at radius 1 is 1.47 bits per heavy atom. The third kappa shape index (κ3) is 3.45. The standard InChI is InChI=1S/C14H23N3/c1-16(11-14-7-4-8-17(14)2)10-12-5-3-6-13(15)9-12/h3,5-6,9,14H,4,7-8,10-11,15H2,1-2H3. The maximum absolute atomic E-state index is 5.79. The van der Waals surface area contributed by atoms with Gasteiger partial charge in [-0.05, 0) is 51.2 Å². The average molecular weight is 233 g/mol. The highest BCUT2D eigenvalue weighted by Crippen LogP contribution is 2.16. The van der Waals surface area contributed by atoms with Crippen molar-refractivity contribution in [2.24, 2.45) is 0 Å². The van der Waals surface area contributed by atoms with Crippen LogP contribution in [0.5, 0.6) is 0 Å². The van der Waals surface area contributed by atoms with Gasteiger partial charge >= 0.3 is 0 Å². The monoisotopic (exact) mass is 233 g/mol. The van der Waals surface area contributed by atoms with Crippen molar-refractivity contribution in [3.05, 3.63) is 29.8 Å². The largest absolute Gasteiger partial charge is 0.399 e. The van der Waals surface area contributed by atoms with Crippen LogP contribution in [0, 0.1) is 0 Å². The molecule has 3 nitrogen and oxygen atoms in total. The second-order valence-electron chi connectivity index (χ2n) is 5.22. The predicted molar refractivity (Wildman–Crippen MR) is 72.8 cm³/mol. The molecule has 1 unspecified atom stereocenters. The third-order valence-corrected chi connectivity index (χ3v) is 3.60. The zero-order chi connectivity index (χ0) is 12.3. The van der Waals surface area contributed by atoms with Crippen molar-refractivity contribution in [2.75, 3.05) is 32.9 Å². The molecule has 1 atom stereocenters. The molecule has 3 heteroatoms. The van der Waals surface area contributed by atoms with Gasteiger partial charge in [-0.15, -0.1) is 0 Å². The lowest BCUT2D eigenvalue weighted by molar-refractivity contribution is 0.215. The number of nitrogens with zero attached hydrogens (tertiary/aromatic N) is 2. The quantitative estimate of drug-likeness (QED) is 0.805. The molecule has 0 aromatic heterocycles. The molecule has 1 aromatic carbocycles. The Balaban J connectivity index is 1.86. The van der Waals surface area contributed by atoms with Crippen LogP contribution in [-0.2, 0) is 6.54 Å². The topological polar surface area (TPSA) is 32.5 Å². The van der Waals surface area contributed by atoms with Crippen LogP contribution in [0.3, 0.4) is 0 Å². The number of rotatable bonds is 4. The Labute approximate surface area is 104 Å². The van der Waals surface area contributed by atoms with E-state index in [1.54, 1.807) is 0 Å². The second-order valence-corrected chi connectivity index (χ2v) is 5.22. The first-order chi connectivity index (χ1) is 8.15. The van der Waals surface area contributed by atoms with Gasteiger partial charge in [0.2, 0.25) is 0 Å². The zero-order valence-corrected chi connectivity index (χ0v) is 10.9. The average Bonchev–Trinajstić information content (AvgIpc) is 2.64. The van der Waals surface area contributed by atoms with Crippen LogP contribution in [0.25, 0.3) is 0 Å². The van der Waals surface area contributed by atoms with Gasteiger partial charge in [0.05, 0.1) is 0 Å². The first-order valence-corrected chi connectivity index (χ1v) is 6.38. The summed E-state index contributed by atoms with van der Waals surface area (Å²) in [5.74, 6) is 0. The first-order valence-electron chi connectivity index (χ1n) is 6.38. The van der Waals surface area contributed by atoms with E-state index in [4.69, 9.17) is 5.73 Å². The number of benzene rings is 1. The molecule has 2 rings (SSSR count). The summed E-state index contributed by atoms with van der Waals surface area (Å²) < 4.78 is 0. The fourth-order valence-electron chi connectivity index (χ4n) is 2.64. The fourth-order valence-corrected chi connectivity index (χ4v) is 2.64. The number of hydrogen-bond donors (Lipinski definition) is 1. The fraction of sp³-hybridized carbons (Fsp3) is 0.571. The molecule has 0 aliphatic carbocycles. The Morgan fingerprint density at radius 2 is 2.29 bits per heavy atom. The number of likely N-dealkylation sites (tertiary alicyclic amines) is 1. The van der Waals surface area contributed by atoms with Crippen molar-refractivity contribution in [3.8, 4) is 0 Å². The molecule has 2 N–H and O–H groups in total. The minimum atomic E-state index is 0.723. The second kappa shape index (κ2) is 5.52. The van der Waals surface area contributed by atoms with Crippen LogP contribution >= 0.6 is 0 Å². The van der Waals surface area contributed by atoms with Crippen molar-refractivity contribution in [1.82, 2.24) is 9.80 Å². The molecule has 94 valence electrons. The molecule has 0 amide bonds. The van der Waals surface area contributed by atoms with Crippen molar-refractivity contribution >= 4 is 5.69 Å². The number of hydrogen-bond acceptors (Lipinski definition) is 3. The van der Waals surface area contributed by atoms with Crippen LogP contribution in [-0.4, -0.2) is 43.0 Å². The van der Waals surface area contributed by atoms with Crippen LogP contribution in [0.1, 0.15) is 18.4 Å². The van der Waals surface area contributed by atoms with Gasteiger partial charge in [0, 0.05) is 24.8 Å². The first kappa shape index (κ1) is 12.4. The maximum atomic E-state index is 5.79. The van der Waals surface area contributed by atoms with Crippen molar-refractivity contribution in [2.45, 2.75) is 25.4 Å². The van der Waals surface area contributed by atoms with Gasteiger partial charge in [0.15, 0.2) is 0 Å².